The van der Waals surface area contributed by atoms with Crippen molar-refractivity contribution in [1.29, 1.82) is 0 Å². The van der Waals surface area contributed by atoms with Gasteiger partial charge in [-0.05, 0) is 80.9 Å². The molecule has 0 radical (unpaired) electrons. The van der Waals surface area contributed by atoms with Crippen molar-refractivity contribution in [3.63, 3.8) is 0 Å². The first kappa shape index (κ1) is 27.8. The maximum Gasteiger partial charge on any atom is 0.306 e. The summed E-state index contributed by atoms with van der Waals surface area (Å²) in [5, 5.41) is 12.5. The number of ether oxygens (including phenoxy) is 2. The summed E-state index contributed by atoms with van der Waals surface area (Å²) >= 11 is 0. The number of carbonyl (C=O) groups is 3. The Kier molecular flexibility index (Phi) is 9.77. The van der Waals surface area contributed by atoms with Crippen molar-refractivity contribution >= 4 is 17.7 Å². The highest BCUT2D eigenvalue weighted by Crippen LogP contribution is 2.44. The Morgan fingerprint density at radius 2 is 1.76 bits per heavy atom. The third kappa shape index (κ3) is 7.20. The van der Waals surface area contributed by atoms with E-state index in [2.05, 4.69) is 23.5 Å². The number of nitrogens with one attached hydrogen (secondary N) is 1. The Hall–Kier alpha value is -2.25. The number of amides is 1. The molecule has 1 aromatic carbocycles. The second kappa shape index (κ2) is 13.0. The molecule has 2 saturated carbocycles. The first-order valence-electron chi connectivity index (χ1n) is 14.1. The van der Waals surface area contributed by atoms with Crippen molar-refractivity contribution in [2.24, 2.45) is 17.3 Å². The van der Waals surface area contributed by atoms with Crippen LogP contribution >= 0.6 is 0 Å². The average Bonchev–Trinajstić information content (AvgIpc) is 3.56. The van der Waals surface area contributed by atoms with E-state index in [1.54, 1.807) is 7.11 Å². The molecule has 2 fully saturated rings. The SMILES string of the molecule is COCCOC[C@H](CC1(C(=O)NC2CCC(C(=O)O)CC2)CCCC1)C(=O)Cc1ccc2c(c1)CCC2. The molecule has 2 N–H and O–H groups in total. The minimum Gasteiger partial charge on any atom is -0.481 e. The summed E-state index contributed by atoms with van der Waals surface area (Å²) in [5.74, 6) is -1.22. The standard InChI is InChI=1S/C30H43NO6/c1-36-15-16-37-20-25(27(32)18-21-7-8-22-5-4-6-24(22)17-21)19-30(13-2-3-14-30)29(35)31-26-11-9-23(10-12-26)28(33)34/h7-8,17,23,25-26H,2-6,9-16,18-20H2,1H3,(H,31,35)(H,33,34)/t23?,25-,26?/m0/s1. The van der Waals surface area contributed by atoms with E-state index in [0.717, 1.165) is 44.1 Å². The number of hydrogen-bond donors (Lipinski definition) is 2. The normalized spacial score (nSPS) is 23.4. The number of benzene rings is 1. The van der Waals surface area contributed by atoms with Gasteiger partial charge in [0.2, 0.25) is 5.91 Å². The van der Waals surface area contributed by atoms with E-state index in [0.29, 0.717) is 58.3 Å². The average molecular weight is 514 g/mol. The van der Waals surface area contributed by atoms with Gasteiger partial charge in [0.25, 0.3) is 0 Å². The van der Waals surface area contributed by atoms with Gasteiger partial charge in [-0.15, -0.1) is 0 Å². The maximum atomic E-state index is 13.7. The molecule has 0 aliphatic heterocycles. The zero-order valence-electron chi connectivity index (χ0n) is 22.3. The third-order valence-corrected chi connectivity index (χ3v) is 8.84. The number of Topliss-reactive ketones (excluding diaryl/α,β-unsaturated/α-hetero) is 1. The van der Waals surface area contributed by atoms with E-state index in [4.69, 9.17) is 9.47 Å². The number of ketones is 1. The smallest absolute Gasteiger partial charge is 0.306 e. The summed E-state index contributed by atoms with van der Waals surface area (Å²) in [5.41, 5.74) is 3.25. The van der Waals surface area contributed by atoms with E-state index in [9.17, 15) is 19.5 Å². The molecule has 1 aromatic rings. The largest absolute Gasteiger partial charge is 0.481 e. The van der Waals surface area contributed by atoms with Gasteiger partial charge < -0.3 is 19.9 Å². The second-order valence-corrected chi connectivity index (χ2v) is 11.4. The zero-order valence-corrected chi connectivity index (χ0v) is 22.3. The van der Waals surface area contributed by atoms with E-state index in [1.807, 2.05) is 0 Å². The van der Waals surface area contributed by atoms with Gasteiger partial charge in [-0.25, -0.2) is 0 Å². The summed E-state index contributed by atoms with van der Waals surface area (Å²) in [6.45, 7) is 1.19. The quantitative estimate of drug-likeness (QED) is 0.382. The van der Waals surface area contributed by atoms with Crippen LogP contribution in [-0.4, -0.2) is 55.7 Å². The Morgan fingerprint density at radius 1 is 1.03 bits per heavy atom. The van der Waals surface area contributed by atoms with E-state index in [1.165, 1.54) is 17.5 Å². The van der Waals surface area contributed by atoms with Crippen molar-refractivity contribution in [3.8, 4) is 0 Å². The first-order chi connectivity index (χ1) is 17.9. The van der Waals surface area contributed by atoms with Crippen LogP contribution in [0.25, 0.3) is 0 Å². The van der Waals surface area contributed by atoms with Crippen molar-refractivity contribution in [3.05, 3.63) is 34.9 Å². The number of hydrogen-bond acceptors (Lipinski definition) is 5. The molecule has 0 bridgehead atoms. The van der Waals surface area contributed by atoms with Crippen LogP contribution in [0.5, 0.6) is 0 Å². The molecule has 4 rings (SSSR count). The van der Waals surface area contributed by atoms with E-state index < -0.39 is 11.4 Å². The molecule has 37 heavy (non-hydrogen) atoms. The number of carboxylic acid groups (broad SMARTS) is 1. The summed E-state index contributed by atoms with van der Waals surface area (Å²) in [6, 6.07) is 6.45. The summed E-state index contributed by atoms with van der Waals surface area (Å²) in [7, 11) is 1.63. The summed E-state index contributed by atoms with van der Waals surface area (Å²) in [4.78, 5) is 38.6. The second-order valence-electron chi connectivity index (χ2n) is 11.4. The molecular formula is C30H43NO6. The monoisotopic (exact) mass is 513 g/mol. The Balaban J connectivity index is 1.43. The fourth-order valence-corrected chi connectivity index (χ4v) is 6.58. The lowest BCUT2D eigenvalue weighted by Crippen LogP contribution is -2.47. The van der Waals surface area contributed by atoms with Gasteiger partial charge in [-0.1, -0.05) is 31.0 Å². The molecular weight excluding hydrogens is 470 g/mol. The van der Waals surface area contributed by atoms with Crippen LogP contribution in [0.15, 0.2) is 18.2 Å². The molecule has 204 valence electrons. The van der Waals surface area contributed by atoms with Gasteiger partial charge in [-0.2, -0.15) is 0 Å². The fraction of sp³-hybridized carbons (Fsp3) is 0.700. The molecule has 1 amide bonds. The van der Waals surface area contributed by atoms with Gasteiger partial charge >= 0.3 is 5.97 Å². The van der Waals surface area contributed by atoms with Crippen molar-refractivity contribution in [2.45, 2.75) is 89.5 Å². The van der Waals surface area contributed by atoms with Crippen LogP contribution < -0.4 is 5.32 Å². The molecule has 3 aliphatic carbocycles. The number of carboxylic acids is 1. The Bertz CT molecular complexity index is 945. The molecule has 3 aliphatic rings. The lowest BCUT2D eigenvalue weighted by molar-refractivity contribution is -0.143. The Morgan fingerprint density at radius 3 is 2.46 bits per heavy atom. The highest BCUT2D eigenvalue weighted by molar-refractivity contribution is 5.87. The molecule has 7 heteroatoms. The maximum absolute atomic E-state index is 13.7. The number of aryl methyl sites for hydroxylation is 2. The van der Waals surface area contributed by atoms with Crippen LogP contribution in [0.1, 0.15) is 80.9 Å². The fourth-order valence-electron chi connectivity index (χ4n) is 6.58. The Labute approximate surface area is 220 Å². The minimum atomic E-state index is -0.741. The number of rotatable bonds is 13. The number of aliphatic carboxylic acids is 1. The molecule has 0 unspecified atom stereocenters. The highest BCUT2D eigenvalue weighted by Gasteiger charge is 2.45. The van der Waals surface area contributed by atoms with Crippen molar-refractivity contribution in [2.75, 3.05) is 26.9 Å². The van der Waals surface area contributed by atoms with Crippen molar-refractivity contribution < 1.29 is 29.0 Å². The van der Waals surface area contributed by atoms with Crippen LogP contribution in [0.3, 0.4) is 0 Å². The molecule has 7 nitrogen and oxygen atoms in total. The van der Waals surface area contributed by atoms with Gasteiger partial charge in [0.05, 0.1) is 25.7 Å². The van der Waals surface area contributed by atoms with Crippen molar-refractivity contribution in [1.82, 2.24) is 5.32 Å². The summed E-state index contributed by atoms with van der Waals surface area (Å²) < 4.78 is 11.0. The number of carbonyl (C=O) groups excluding carboxylic acids is 2. The van der Waals surface area contributed by atoms with Crippen LogP contribution in [0.2, 0.25) is 0 Å². The number of methoxy groups -OCH3 is 1. The summed E-state index contributed by atoms with van der Waals surface area (Å²) in [6.07, 6.45) is 10.4. The molecule has 0 heterocycles. The topological polar surface area (TPSA) is 102 Å². The predicted molar refractivity (Wildman–Crippen MR) is 140 cm³/mol. The van der Waals surface area contributed by atoms with Gasteiger partial charge in [0, 0.05) is 30.9 Å². The van der Waals surface area contributed by atoms with Gasteiger partial charge in [0.15, 0.2) is 0 Å². The van der Waals surface area contributed by atoms with Crippen LogP contribution in [0.4, 0.5) is 0 Å². The molecule has 0 saturated heterocycles. The zero-order chi connectivity index (χ0) is 26.3. The molecule has 0 aromatic heterocycles. The van der Waals surface area contributed by atoms with Gasteiger partial charge in [0.1, 0.15) is 5.78 Å². The predicted octanol–water partition coefficient (Wildman–Crippen LogP) is 4.28. The molecule has 1 atom stereocenters. The molecule has 0 spiro atoms. The number of fused-ring (bicyclic) bond motifs is 1. The minimum absolute atomic E-state index is 0.0130. The van der Waals surface area contributed by atoms with Crippen LogP contribution in [-0.2, 0) is 43.1 Å². The van der Waals surface area contributed by atoms with E-state index in [-0.39, 0.29) is 29.6 Å². The third-order valence-electron chi connectivity index (χ3n) is 8.84. The lowest BCUT2D eigenvalue weighted by atomic mass is 9.74. The van der Waals surface area contributed by atoms with E-state index >= 15 is 0 Å². The lowest BCUT2D eigenvalue weighted by Gasteiger charge is -2.35. The van der Waals surface area contributed by atoms with Gasteiger partial charge in [-0.3, -0.25) is 14.4 Å². The highest BCUT2D eigenvalue weighted by atomic mass is 16.5. The first-order valence-corrected chi connectivity index (χ1v) is 14.1. The van der Waals surface area contributed by atoms with Crippen LogP contribution in [0, 0.1) is 17.3 Å².